The van der Waals surface area contributed by atoms with Crippen LogP contribution in [0, 0.1) is 0 Å². The molecule has 3 heteroatoms. The minimum Gasteiger partial charge on any atom is -0.376 e. The lowest BCUT2D eigenvalue weighted by atomic mass is 9.80. The molecule has 1 aliphatic rings. The van der Waals surface area contributed by atoms with Crippen LogP contribution in [-0.4, -0.2) is 5.11 Å². The molecule has 0 aromatic heterocycles. The Morgan fingerprint density at radius 2 is 1.45 bits per heavy atom. The highest BCUT2D eigenvalue weighted by molar-refractivity contribution is 7.99. The Morgan fingerprint density at radius 3 is 2.27 bits per heavy atom. The highest BCUT2D eigenvalue weighted by Gasteiger charge is 2.40. The van der Waals surface area contributed by atoms with Crippen molar-refractivity contribution in [2.75, 3.05) is 0 Å². The third kappa shape index (κ3) is 1.99. The van der Waals surface area contributed by atoms with E-state index in [2.05, 4.69) is 0 Å². The molecule has 1 N–H and O–H groups in total. The Kier molecular flexibility index (Phi) is 3.26. The summed E-state index contributed by atoms with van der Waals surface area (Å²) in [5, 5.41) is 12.3. The van der Waals surface area contributed by atoms with Gasteiger partial charge >= 0.3 is 0 Å². The lowest BCUT2D eigenvalue weighted by Crippen LogP contribution is -2.32. The van der Waals surface area contributed by atoms with Gasteiger partial charge < -0.3 is 5.11 Å². The van der Waals surface area contributed by atoms with Crippen LogP contribution in [0.15, 0.2) is 82.6 Å². The molecule has 0 saturated carbocycles. The quantitative estimate of drug-likeness (QED) is 0.673. The number of hydrogen-bond acceptors (Lipinski definition) is 2. The average molecular weight is 325 g/mol. The Balaban J connectivity index is 2.07. The first-order valence-electron chi connectivity index (χ1n) is 7.05. The number of fused-ring (bicyclic) bond motifs is 2. The molecule has 22 heavy (non-hydrogen) atoms. The SMILES string of the molecule is OC1(c2ccccc2)c2ccccc2Sc2ccc(Cl)cc21. The average Bonchev–Trinajstić information content (AvgIpc) is 2.57. The van der Waals surface area contributed by atoms with E-state index in [4.69, 9.17) is 11.6 Å². The molecule has 0 bridgehead atoms. The van der Waals surface area contributed by atoms with Gasteiger partial charge in [-0.05, 0) is 29.8 Å². The summed E-state index contributed by atoms with van der Waals surface area (Å²) in [6, 6.07) is 23.5. The second-order valence-corrected chi connectivity index (χ2v) is 6.84. The highest BCUT2D eigenvalue weighted by Crippen LogP contribution is 2.51. The summed E-state index contributed by atoms with van der Waals surface area (Å²) >= 11 is 7.87. The van der Waals surface area contributed by atoms with Crippen LogP contribution in [0.5, 0.6) is 0 Å². The molecule has 1 atom stereocenters. The van der Waals surface area contributed by atoms with E-state index in [1.165, 1.54) is 0 Å². The van der Waals surface area contributed by atoms with Crippen LogP contribution < -0.4 is 0 Å². The van der Waals surface area contributed by atoms with Crippen molar-refractivity contribution in [3.05, 3.63) is 94.5 Å². The van der Waals surface area contributed by atoms with Crippen molar-refractivity contribution in [1.82, 2.24) is 0 Å². The fourth-order valence-corrected chi connectivity index (χ4v) is 4.32. The maximum Gasteiger partial charge on any atom is 0.142 e. The van der Waals surface area contributed by atoms with Gasteiger partial charge in [0.15, 0.2) is 0 Å². The van der Waals surface area contributed by atoms with Crippen molar-refractivity contribution in [3.8, 4) is 0 Å². The summed E-state index contributed by atoms with van der Waals surface area (Å²) in [5.74, 6) is 0. The highest BCUT2D eigenvalue weighted by atomic mass is 35.5. The van der Waals surface area contributed by atoms with E-state index >= 15 is 0 Å². The van der Waals surface area contributed by atoms with E-state index < -0.39 is 5.60 Å². The molecule has 3 aromatic carbocycles. The van der Waals surface area contributed by atoms with Gasteiger partial charge in [-0.3, -0.25) is 0 Å². The predicted octanol–water partition coefficient (Wildman–Crippen LogP) is 5.09. The van der Waals surface area contributed by atoms with Crippen molar-refractivity contribution in [3.63, 3.8) is 0 Å². The number of halogens is 1. The maximum absolute atomic E-state index is 11.7. The Morgan fingerprint density at radius 1 is 0.773 bits per heavy atom. The van der Waals surface area contributed by atoms with Crippen molar-refractivity contribution < 1.29 is 5.11 Å². The molecule has 4 rings (SSSR count). The van der Waals surface area contributed by atoms with Crippen molar-refractivity contribution in [2.24, 2.45) is 0 Å². The van der Waals surface area contributed by atoms with Gasteiger partial charge in [-0.2, -0.15) is 0 Å². The molecule has 3 aromatic rings. The van der Waals surface area contributed by atoms with Crippen molar-refractivity contribution >= 4 is 23.4 Å². The predicted molar refractivity (Wildman–Crippen MR) is 90.6 cm³/mol. The van der Waals surface area contributed by atoms with Crippen LogP contribution in [0.1, 0.15) is 16.7 Å². The van der Waals surface area contributed by atoms with E-state index in [1.807, 2.05) is 72.8 Å². The fourth-order valence-electron chi connectivity index (χ4n) is 2.98. The minimum absolute atomic E-state index is 0.632. The summed E-state index contributed by atoms with van der Waals surface area (Å²) in [6.07, 6.45) is 0. The molecule has 0 fully saturated rings. The van der Waals surface area contributed by atoms with Crippen molar-refractivity contribution in [2.45, 2.75) is 15.4 Å². The second-order valence-electron chi connectivity index (χ2n) is 5.32. The second kappa shape index (κ2) is 5.17. The third-order valence-electron chi connectivity index (χ3n) is 4.02. The number of benzene rings is 3. The first-order chi connectivity index (χ1) is 10.7. The first kappa shape index (κ1) is 13.9. The lowest BCUT2D eigenvalue weighted by Gasteiger charge is -2.36. The van der Waals surface area contributed by atoms with Gasteiger partial charge in [0.1, 0.15) is 5.60 Å². The molecular formula is C19H13ClOS. The van der Waals surface area contributed by atoms with Crippen LogP contribution >= 0.6 is 23.4 Å². The molecule has 0 spiro atoms. The first-order valence-corrected chi connectivity index (χ1v) is 8.24. The summed E-state index contributed by atoms with van der Waals surface area (Å²) in [5.41, 5.74) is 1.42. The molecular weight excluding hydrogens is 312 g/mol. The van der Waals surface area contributed by atoms with Crippen LogP contribution in [-0.2, 0) is 5.60 Å². The minimum atomic E-state index is -1.18. The van der Waals surface area contributed by atoms with Crippen LogP contribution in [0.3, 0.4) is 0 Å². The summed E-state index contributed by atoms with van der Waals surface area (Å²) in [7, 11) is 0. The molecule has 1 aliphatic heterocycles. The molecule has 0 radical (unpaired) electrons. The topological polar surface area (TPSA) is 20.2 Å². The molecule has 0 aliphatic carbocycles. The smallest absolute Gasteiger partial charge is 0.142 e. The molecule has 0 amide bonds. The van der Waals surface area contributed by atoms with E-state index in [-0.39, 0.29) is 0 Å². The largest absolute Gasteiger partial charge is 0.376 e. The maximum atomic E-state index is 11.7. The zero-order valence-electron chi connectivity index (χ0n) is 11.7. The zero-order valence-corrected chi connectivity index (χ0v) is 13.2. The Labute approximate surface area is 138 Å². The molecule has 1 heterocycles. The standard InChI is InChI=1S/C19H13ClOS/c20-14-10-11-18-16(12-14)19(21,13-6-2-1-3-7-13)15-8-4-5-9-17(15)22-18/h1-12,21H. The van der Waals surface area contributed by atoms with Gasteiger partial charge in [0.05, 0.1) is 0 Å². The summed E-state index contributed by atoms with van der Waals surface area (Å²) in [6.45, 7) is 0. The van der Waals surface area contributed by atoms with E-state index in [0.717, 1.165) is 26.5 Å². The zero-order chi connectivity index (χ0) is 15.2. The van der Waals surface area contributed by atoms with Gasteiger partial charge in [0.2, 0.25) is 0 Å². The molecule has 1 unspecified atom stereocenters. The van der Waals surface area contributed by atoms with Crippen LogP contribution in [0.4, 0.5) is 0 Å². The van der Waals surface area contributed by atoms with Crippen LogP contribution in [0.25, 0.3) is 0 Å². The lowest BCUT2D eigenvalue weighted by molar-refractivity contribution is 0.118. The van der Waals surface area contributed by atoms with Gasteiger partial charge in [-0.1, -0.05) is 71.9 Å². The Hall–Kier alpha value is -1.74. The Bertz CT molecular complexity index is 847. The van der Waals surface area contributed by atoms with Crippen LogP contribution in [0.2, 0.25) is 5.02 Å². The van der Waals surface area contributed by atoms with E-state index in [0.29, 0.717) is 5.02 Å². The molecule has 1 nitrogen and oxygen atoms in total. The normalized spacial score (nSPS) is 19.4. The summed E-state index contributed by atoms with van der Waals surface area (Å²) in [4.78, 5) is 2.11. The van der Waals surface area contributed by atoms with Gasteiger partial charge in [-0.25, -0.2) is 0 Å². The number of aliphatic hydroxyl groups is 1. The van der Waals surface area contributed by atoms with E-state index in [1.54, 1.807) is 11.8 Å². The third-order valence-corrected chi connectivity index (χ3v) is 5.41. The van der Waals surface area contributed by atoms with E-state index in [9.17, 15) is 5.11 Å². The van der Waals surface area contributed by atoms with Gasteiger partial charge in [0, 0.05) is 25.9 Å². The number of hydrogen-bond donors (Lipinski definition) is 1. The summed E-state index contributed by atoms with van der Waals surface area (Å²) < 4.78 is 0. The van der Waals surface area contributed by atoms with Crippen molar-refractivity contribution in [1.29, 1.82) is 0 Å². The molecule has 108 valence electrons. The number of rotatable bonds is 1. The fraction of sp³-hybridized carbons (Fsp3) is 0.0526. The van der Waals surface area contributed by atoms with Gasteiger partial charge in [0.25, 0.3) is 0 Å². The molecule has 0 saturated heterocycles. The van der Waals surface area contributed by atoms with Gasteiger partial charge in [-0.15, -0.1) is 0 Å². The monoisotopic (exact) mass is 324 g/mol.